The van der Waals surface area contributed by atoms with Gasteiger partial charge in [0.2, 0.25) is 5.95 Å². The van der Waals surface area contributed by atoms with Crippen molar-refractivity contribution >= 4 is 5.95 Å². The second-order valence-electron chi connectivity index (χ2n) is 4.86. The SMILES string of the molecule is CC(C)C(C)(C)CNc1nccn1C. The Morgan fingerprint density at radius 2 is 2.14 bits per heavy atom. The highest BCUT2D eigenvalue weighted by Gasteiger charge is 2.22. The lowest BCUT2D eigenvalue weighted by Gasteiger charge is -2.29. The maximum Gasteiger partial charge on any atom is 0.202 e. The van der Waals surface area contributed by atoms with Crippen molar-refractivity contribution in [2.24, 2.45) is 18.4 Å². The number of imidazole rings is 1. The van der Waals surface area contributed by atoms with Crippen molar-refractivity contribution in [1.82, 2.24) is 9.55 Å². The van der Waals surface area contributed by atoms with Gasteiger partial charge in [-0.25, -0.2) is 4.98 Å². The van der Waals surface area contributed by atoms with Crippen LogP contribution in [0.5, 0.6) is 0 Å². The summed E-state index contributed by atoms with van der Waals surface area (Å²) in [5.74, 6) is 1.61. The van der Waals surface area contributed by atoms with Crippen molar-refractivity contribution in [3.8, 4) is 0 Å². The summed E-state index contributed by atoms with van der Waals surface area (Å²) in [6.07, 6.45) is 3.76. The molecule has 0 spiro atoms. The summed E-state index contributed by atoms with van der Waals surface area (Å²) < 4.78 is 2.00. The molecule has 0 aliphatic carbocycles. The fourth-order valence-electron chi connectivity index (χ4n) is 1.05. The molecule has 0 aliphatic heterocycles. The molecule has 0 bridgehead atoms. The van der Waals surface area contributed by atoms with Crippen LogP contribution < -0.4 is 5.32 Å². The van der Waals surface area contributed by atoms with E-state index in [1.807, 2.05) is 24.0 Å². The molecule has 1 heterocycles. The van der Waals surface area contributed by atoms with Crippen molar-refractivity contribution in [2.75, 3.05) is 11.9 Å². The number of nitrogens with one attached hydrogen (secondary N) is 1. The minimum absolute atomic E-state index is 0.298. The van der Waals surface area contributed by atoms with E-state index in [-0.39, 0.29) is 0 Å². The van der Waals surface area contributed by atoms with Crippen LogP contribution in [0.2, 0.25) is 0 Å². The van der Waals surface area contributed by atoms with Crippen molar-refractivity contribution in [2.45, 2.75) is 27.7 Å². The zero-order valence-corrected chi connectivity index (χ0v) is 9.83. The molecular weight excluding hydrogens is 174 g/mol. The number of hydrogen-bond donors (Lipinski definition) is 1. The summed E-state index contributed by atoms with van der Waals surface area (Å²) in [4.78, 5) is 4.23. The molecule has 0 unspecified atom stereocenters. The van der Waals surface area contributed by atoms with Crippen LogP contribution in [0.25, 0.3) is 0 Å². The Morgan fingerprint density at radius 3 is 2.57 bits per heavy atom. The van der Waals surface area contributed by atoms with E-state index in [9.17, 15) is 0 Å². The molecule has 0 fully saturated rings. The normalized spacial score (nSPS) is 12.1. The first-order valence-electron chi connectivity index (χ1n) is 5.14. The van der Waals surface area contributed by atoms with E-state index in [2.05, 4.69) is 38.0 Å². The van der Waals surface area contributed by atoms with Crippen LogP contribution in [0.3, 0.4) is 0 Å². The number of anilines is 1. The quantitative estimate of drug-likeness (QED) is 0.800. The van der Waals surface area contributed by atoms with Crippen LogP contribution in [0.15, 0.2) is 12.4 Å². The number of aromatic nitrogens is 2. The molecule has 0 aromatic carbocycles. The number of rotatable bonds is 4. The first kappa shape index (κ1) is 11.1. The summed E-state index contributed by atoms with van der Waals surface area (Å²) in [5, 5.41) is 3.37. The molecule has 1 aromatic heterocycles. The van der Waals surface area contributed by atoms with Gasteiger partial charge in [-0.15, -0.1) is 0 Å². The van der Waals surface area contributed by atoms with Gasteiger partial charge in [0, 0.05) is 26.0 Å². The second-order valence-corrected chi connectivity index (χ2v) is 4.86. The molecule has 3 nitrogen and oxygen atoms in total. The van der Waals surface area contributed by atoms with Gasteiger partial charge >= 0.3 is 0 Å². The Bertz CT molecular complexity index is 286. The Kier molecular flexibility index (Phi) is 3.19. The molecule has 80 valence electrons. The second kappa shape index (κ2) is 4.03. The van der Waals surface area contributed by atoms with Crippen LogP contribution in [-0.4, -0.2) is 16.1 Å². The highest BCUT2D eigenvalue weighted by Crippen LogP contribution is 2.25. The predicted molar refractivity (Wildman–Crippen MR) is 60.3 cm³/mol. The molecule has 0 saturated heterocycles. The van der Waals surface area contributed by atoms with Crippen molar-refractivity contribution in [3.63, 3.8) is 0 Å². The van der Waals surface area contributed by atoms with E-state index in [4.69, 9.17) is 0 Å². The maximum absolute atomic E-state index is 4.23. The Labute approximate surface area is 86.5 Å². The highest BCUT2D eigenvalue weighted by molar-refractivity contribution is 5.25. The maximum atomic E-state index is 4.23. The van der Waals surface area contributed by atoms with Crippen molar-refractivity contribution < 1.29 is 0 Å². The smallest absolute Gasteiger partial charge is 0.202 e. The van der Waals surface area contributed by atoms with Gasteiger partial charge in [-0.1, -0.05) is 27.7 Å². The third-order valence-corrected chi connectivity index (χ3v) is 3.09. The molecule has 0 radical (unpaired) electrons. The van der Waals surface area contributed by atoms with Gasteiger partial charge in [-0.05, 0) is 11.3 Å². The fourth-order valence-corrected chi connectivity index (χ4v) is 1.05. The minimum Gasteiger partial charge on any atom is -0.355 e. The average molecular weight is 195 g/mol. The van der Waals surface area contributed by atoms with Crippen molar-refractivity contribution in [3.05, 3.63) is 12.4 Å². The minimum atomic E-state index is 0.298. The first-order chi connectivity index (χ1) is 6.43. The lowest BCUT2D eigenvalue weighted by molar-refractivity contribution is 0.269. The fraction of sp³-hybridized carbons (Fsp3) is 0.727. The van der Waals surface area contributed by atoms with Gasteiger partial charge in [0.25, 0.3) is 0 Å². The zero-order chi connectivity index (χ0) is 10.8. The topological polar surface area (TPSA) is 29.9 Å². The van der Waals surface area contributed by atoms with Gasteiger partial charge in [-0.3, -0.25) is 0 Å². The Hall–Kier alpha value is -0.990. The lowest BCUT2D eigenvalue weighted by Crippen LogP contribution is -2.29. The third-order valence-electron chi connectivity index (χ3n) is 3.09. The molecule has 0 saturated carbocycles. The van der Waals surface area contributed by atoms with E-state index in [0.717, 1.165) is 12.5 Å². The monoisotopic (exact) mass is 195 g/mol. The first-order valence-corrected chi connectivity index (χ1v) is 5.14. The van der Waals surface area contributed by atoms with E-state index < -0.39 is 0 Å². The van der Waals surface area contributed by atoms with Gasteiger partial charge in [0.15, 0.2) is 0 Å². The summed E-state index contributed by atoms with van der Waals surface area (Å²) >= 11 is 0. The van der Waals surface area contributed by atoms with Gasteiger partial charge < -0.3 is 9.88 Å². The third kappa shape index (κ3) is 2.50. The molecule has 0 amide bonds. The lowest BCUT2D eigenvalue weighted by atomic mass is 9.81. The largest absolute Gasteiger partial charge is 0.355 e. The number of hydrogen-bond acceptors (Lipinski definition) is 2. The summed E-state index contributed by atoms with van der Waals surface area (Å²) in [6, 6.07) is 0. The van der Waals surface area contributed by atoms with Gasteiger partial charge in [0.1, 0.15) is 0 Å². The summed E-state index contributed by atoms with van der Waals surface area (Å²) in [6.45, 7) is 10.00. The molecule has 0 atom stereocenters. The van der Waals surface area contributed by atoms with E-state index in [1.165, 1.54) is 0 Å². The Morgan fingerprint density at radius 1 is 1.50 bits per heavy atom. The highest BCUT2D eigenvalue weighted by atomic mass is 15.2. The Balaban J connectivity index is 2.53. The summed E-state index contributed by atoms with van der Waals surface area (Å²) in [5.41, 5.74) is 0.298. The van der Waals surface area contributed by atoms with Crippen LogP contribution in [0.4, 0.5) is 5.95 Å². The summed E-state index contributed by atoms with van der Waals surface area (Å²) in [7, 11) is 2.00. The van der Waals surface area contributed by atoms with Crippen molar-refractivity contribution in [1.29, 1.82) is 0 Å². The van der Waals surface area contributed by atoms with E-state index >= 15 is 0 Å². The van der Waals surface area contributed by atoms with Gasteiger partial charge in [-0.2, -0.15) is 0 Å². The molecule has 1 aromatic rings. The molecule has 14 heavy (non-hydrogen) atoms. The van der Waals surface area contributed by atoms with E-state index in [0.29, 0.717) is 11.3 Å². The van der Waals surface area contributed by atoms with E-state index in [1.54, 1.807) is 0 Å². The predicted octanol–water partition coefficient (Wildman–Crippen LogP) is 2.51. The molecule has 1 N–H and O–H groups in total. The molecular formula is C11H21N3. The van der Waals surface area contributed by atoms with Crippen LogP contribution in [0.1, 0.15) is 27.7 Å². The zero-order valence-electron chi connectivity index (χ0n) is 9.83. The average Bonchev–Trinajstić information content (AvgIpc) is 2.47. The molecule has 3 heteroatoms. The molecule has 1 rings (SSSR count). The van der Waals surface area contributed by atoms with Gasteiger partial charge in [0.05, 0.1) is 0 Å². The molecule has 0 aliphatic rings. The standard InChI is InChI=1S/C11H21N3/c1-9(2)11(3,4)8-13-10-12-6-7-14(10)5/h6-7,9H,8H2,1-5H3,(H,12,13). The van der Waals surface area contributed by atoms with Crippen LogP contribution in [0, 0.1) is 11.3 Å². The van der Waals surface area contributed by atoms with Crippen LogP contribution >= 0.6 is 0 Å². The number of nitrogens with zero attached hydrogens (tertiary/aromatic N) is 2. The van der Waals surface area contributed by atoms with Crippen LogP contribution in [-0.2, 0) is 7.05 Å². The number of aryl methyl sites for hydroxylation is 1.